The van der Waals surface area contributed by atoms with Crippen LogP contribution in [-0.2, 0) is 16.3 Å². The van der Waals surface area contributed by atoms with Crippen molar-refractivity contribution in [2.24, 2.45) is 5.73 Å². The third-order valence-corrected chi connectivity index (χ3v) is 7.55. The lowest BCUT2D eigenvalue weighted by Gasteiger charge is -2.16. The van der Waals surface area contributed by atoms with Crippen molar-refractivity contribution in [3.8, 4) is 11.3 Å². The fourth-order valence-electron chi connectivity index (χ4n) is 3.47. The van der Waals surface area contributed by atoms with Crippen molar-refractivity contribution in [1.29, 1.82) is 0 Å². The zero-order valence-corrected chi connectivity index (χ0v) is 20.2. The van der Waals surface area contributed by atoms with Gasteiger partial charge in [0, 0.05) is 34.5 Å². The molecule has 0 saturated heterocycles. The number of hydrogen-bond donors (Lipinski definition) is 1. The molecule has 10 heteroatoms. The molecular weight excluding hydrogens is 488 g/mol. The lowest BCUT2D eigenvalue weighted by Crippen LogP contribution is -2.19. The second kappa shape index (κ2) is 9.77. The summed E-state index contributed by atoms with van der Waals surface area (Å²) in [5.74, 6) is -0.609. The average molecular weight is 510 g/mol. The van der Waals surface area contributed by atoms with Gasteiger partial charge >= 0.3 is 0 Å². The number of sulfone groups is 1. The summed E-state index contributed by atoms with van der Waals surface area (Å²) >= 11 is 6.03. The maximum atomic E-state index is 14.5. The van der Waals surface area contributed by atoms with Crippen molar-refractivity contribution in [2.45, 2.75) is 36.6 Å². The van der Waals surface area contributed by atoms with Crippen molar-refractivity contribution in [3.05, 3.63) is 76.7 Å². The zero-order valence-electron chi connectivity index (χ0n) is 17.8. The van der Waals surface area contributed by atoms with Gasteiger partial charge in [0.2, 0.25) is 0 Å². The Labute approximate surface area is 202 Å². The molecule has 0 saturated carbocycles. The Morgan fingerprint density at radius 1 is 1.12 bits per heavy atom. The Morgan fingerprint density at radius 3 is 2.58 bits per heavy atom. The number of hydrogen-bond acceptors (Lipinski definition) is 6. The minimum atomic E-state index is -3.64. The van der Waals surface area contributed by atoms with E-state index in [9.17, 15) is 12.8 Å². The smallest absolute Gasteiger partial charge is 0.197 e. The molecule has 0 aliphatic heterocycles. The largest absolute Gasteiger partial charge is 0.356 e. The summed E-state index contributed by atoms with van der Waals surface area (Å²) in [6, 6.07) is 14.2. The minimum Gasteiger partial charge on any atom is -0.356 e. The first-order chi connectivity index (χ1) is 15.2. The van der Waals surface area contributed by atoms with Crippen LogP contribution in [0.2, 0.25) is 5.02 Å². The highest BCUT2D eigenvalue weighted by molar-refractivity contribution is 7.91. The molecule has 0 bridgehead atoms. The van der Waals surface area contributed by atoms with Crippen LogP contribution in [-0.4, -0.2) is 23.8 Å². The van der Waals surface area contributed by atoms with Gasteiger partial charge in [-0.1, -0.05) is 41.0 Å². The molecule has 174 valence electrons. The second-order valence-corrected chi connectivity index (χ2v) is 10.6. The van der Waals surface area contributed by atoms with Crippen LogP contribution in [0.5, 0.6) is 0 Å². The fraction of sp³-hybridized carbons (Fsp3) is 0.217. The van der Waals surface area contributed by atoms with Crippen LogP contribution in [0.1, 0.15) is 31.1 Å². The number of nitrogens with zero attached hydrogens (tertiary/aromatic N) is 2. The molecule has 2 aromatic heterocycles. The molecule has 0 aliphatic carbocycles. The van der Waals surface area contributed by atoms with Gasteiger partial charge in [0.05, 0.1) is 10.9 Å². The summed E-state index contributed by atoms with van der Waals surface area (Å²) in [5.41, 5.74) is 9.01. The number of pyridine rings is 1. The van der Waals surface area contributed by atoms with Gasteiger partial charge in [-0.25, -0.2) is 17.8 Å². The lowest BCUT2D eigenvalue weighted by atomic mass is 9.94. The first-order valence-electron chi connectivity index (χ1n) is 9.97. The van der Waals surface area contributed by atoms with Crippen LogP contribution in [0, 0.1) is 5.82 Å². The second-order valence-electron chi connectivity index (χ2n) is 7.74. The third kappa shape index (κ3) is 4.89. The molecule has 2 heterocycles. The van der Waals surface area contributed by atoms with Crippen LogP contribution in [0.25, 0.3) is 22.2 Å². The van der Waals surface area contributed by atoms with E-state index in [0.29, 0.717) is 21.9 Å². The molecule has 33 heavy (non-hydrogen) atoms. The summed E-state index contributed by atoms with van der Waals surface area (Å²) in [6.07, 6.45) is 0.00587. The Morgan fingerprint density at radius 2 is 1.85 bits per heavy atom. The van der Waals surface area contributed by atoms with Crippen LogP contribution < -0.4 is 5.73 Å². The van der Waals surface area contributed by atoms with Gasteiger partial charge < -0.3 is 10.3 Å². The number of fused-ring (bicyclic) bond motifs is 1. The highest BCUT2D eigenvalue weighted by Gasteiger charge is 2.24. The van der Waals surface area contributed by atoms with E-state index in [1.54, 1.807) is 26.0 Å². The summed E-state index contributed by atoms with van der Waals surface area (Å²) in [4.78, 5) is 4.09. The molecule has 0 aliphatic rings. The van der Waals surface area contributed by atoms with Gasteiger partial charge in [-0.3, -0.25) is 0 Å². The summed E-state index contributed by atoms with van der Waals surface area (Å²) in [6.45, 7) is 3.11. The topological polar surface area (TPSA) is 99.1 Å². The number of benzene rings is 2. The predicted octanol–water partition coefficient (Wildman–Crippen LogP) is 5.53. The van der Waals surface area contributed by atoms with Crippen LogP contribution in [0.15, 0.2) is 64.1 Å². The Hall–Kier alpha value is -2.52. The Bertz CT molecular complexity index is 1410. The number of rotatable bonds is 6. The molecule has 0 amide bonds. The first kappa shape index (κ1) is 25.1. The van der Waals surface area contributed by atoms with Gasteiger partial charge in [0.1, 0.15) is 11.5 Å². The maximum absolute atomic E-state index is 14.5. The quantitative estimate of drug-likeness (QED) is 0.366. The van der Waals surface area contributed by atoms with E-state index in [1.807, 2.05) is 30.3 Å². The van der Waals surface area contributed by atoms with Crippen molar-refractivity contribution in [1.82, 2.24) is 10.1 Å². The standard InChI is InChI=1S/C23H21ClFN3O3S.ClH/c1-13(2)32(29,30)22-10-9-18(25)20(27-22)12-19(26)15-5-3-4-6-16(15)23-17-8-7-14(24)11-21(17)31-28-23;/h3-11,13,19H,12,26H2,1-2H3;1H/t19-;/m0./s1. The zero-order chi connectivity index (χ0) is 23.0. The van der Waals surface area contributed by atoms with Crippen LogP contribution >= 0.6 is 24.0 Å². The molecule has 0 radical (unpaired) electrons. The summed E-state index contributed by atoms with van der Waals surface area (Å²) in [7, 11) is -3.64. The minimum absolute atomic E-state index is 0. The molecule has 4 aromatic rings. The molecule has 6 nitrogen and oxygen atoms in total. The highest BCUT2D eigenvalue weighted by Crippen LogP contribution is 2.34. The number of halogens is 3. The van der Waals surface area contributed by atoms with E-state index in [2.05, 4.69) is 10.1 Å². The van der Waals surface area contributed by atoms with E-state index >= 15 is 0 Å². The SMILES string of the molecule is CC(C)S(=O)(=O)c1ccc(F)c(C[C@H](N)c2ccccc2-c2noc3cc(Cl)ccc23)n1.Cl. The summed E-state index contributed by atoms with van der Waals surface area (Å²) in [5, 5.41) is 4.65. The average Bonchev–Trinajstić information content (AvgIpc) is 3.17. The van der Waals surface area contributed by atoms with Crippen LogP contribution in [0.4, 0.5) is 4.39 Å². The van der Waals surface area contributed by atoms with Crippen molar-refractivity contribution >= 4 is 44.8 Å². The fourth-order valence-corrected chi connectivity index (χ4v) is 4.61. The van der Waals surface area contributed by atoms with Crippen molar-refractivity contribution in [3.63, 3.8) is 0 Å². The molecule has 2 aromatic carbocycles. The Kier molecular flexibility index (Phi) is 7.43. The monoisotopic (exact) mass is 509 g/mol. The molecule has 0 fully saturated rings. The van der Waals surface area contributed by atoms with E-state index in [0.717, 1.165) is 17.0 Å². The van der Waals surface area contributed by atoms with Crippen molar-refractivity contribution < 1.29 is 17.3 Å². The lowest BCUT2D eigenvalue weighted by molar-refractivity contribution is 0.459. The molecule has 1 atom stereocenters. The summed E-state index contributed by atoms with van der Waals surface area (Å²) < 4.78 is 44.8. The molecule has 0 unspecified atom stereocenters. The van der Waals surface area contributed by atoms with E-state index in [1.165, 1.54) is 6.07 Å². The maximum Gasteiger partial charge on any atom is 0.197 e. The molecular formula is C23H22Cl2FN3O3S. The number of aromatic nitrogens is 2. The molecule has 2 N–H and O–H groups in total. The molecule has 0 spiro atoms. The van der Waals surface area contributed by atoms with Gasteiger partial charge in [-0.05, 0) is 43.7 Å². The normalized spacial score (nSPS) is 12.7. The van der Waals surface area contributed by atoms with Gasteiger partial charge in [0.15, 0.2) is 20.4 Å². The predicted molar refractivity (Wildman–Crippen MR) is 129 cm³/mol. The van der Waals surface area contributed by atoms with E-state index in [4.69, 9.17) is 21.9 Å². The van der Waals surface area contributed by atoms with Crippen molar-refractivity contribution in [2.75, 3.05) is 0 Å². The van der Waals surface area contributed by atoms with E-state index in [-0.39, 0.29) is 29.5 Å². The third-order valence-electron chi connectivity index (χ3n) is 5.27. The van der Waals surface area contributed by atoms with E-state index < -0.39 is 26.9 Å². The van der Waals surface area contributed by atoms with Gasteiger partial charge in [-0.15, -0.1) is 12.4 Å². The first-order valence-corrected chi connectivity index (χ1v) is 11.9. The molecule has 4 rings (SSSR count). The highest BCUT2D eigenvalue weighted by atomic mass is 35.5. The number of nitrogens with two attached hydrogens (primary N) is 1. The van der Waals surface area contributed by atoms with Gasteiger partial charge in [-0.2, -0.15) is 0 Å². The van der Waals surface area contributed by atoms with Gasteiger partial charge in [0.25, 0.3) is 0 Å². The van der Waals surface area contributed by atoms with Crippen LogP contribution in [0.3, 0.4) is 0 Å². The Balaban J connectivity index is 0.00000306.